The highest BCUT2D eigenvalue weighted by molar-refractivity contribution is 5.33. The lowest BCUT2D eigenvalue weighted by molar-refractivity contribution is 0.886. The number of hydrogen-bond donors (Lipinski definition) is 0. The summed E-state index contributed by atoms with van der Waals surface area (Å²) in [7, 11) is 0. The molecule has 1 saturated carbocycles. The summed E-state index contributed by atoms with van der Waals surface area (Å²) in [5, 5.41) is 0. The van der Waals surface area contributed by atoms with E-state index >= 15 is 0 Å². The normalized spacial score (nSPS) is 18.4. The van der Waals surface area contributed by atoms with E-state index in [1.165, 1.54) is 36.8 Å². The van der Waals surface area contributed by atoms with Gasteiger partial charge in [0.2, 0.25) is 0 Å². The quantitative estimate of drug-likeness (QED) is 0.588. The summed E-state index contributed by atoms with van der Waals surface area (Å²) in [6, 6.07) is 8.94. The maximum absolute atomic E-state index is 2.26. The second-order valence-corrected chi connectivity index (χ2v) is 3.68. The van der Waals surface area contributed by atoms with Crippen molar-refractivity contribution in [3.63, 3.8) is 0 Å². The Morgan fingerprint density at radius 1 is 0.917 bits per heavy atom. The smallest absolute Gasteiger partial charge is 0.00498 e. The summed E-state index contributed by atoms with van der Waals surface area (Å²) >= 11 is 0. The molecule has 12 heavy (non-hydrogen) atoms. The largest absolute Gasteiger partial charge is 0.0590 e. The summed E-state index contributed by atoms with van der Waals surface area (Å²) < 4.78 is 0. The minimum absolute atomic E-state index is 1.32. The third-order valence-electron chi connectivity index (χ3n) is 2.67. The van der Waals surface area contributed by atoms with Crippen LogP contribution in [-0.4, -0.2) is 0 Å². The van der Waals surface area contributed by atoms with Crippen molar-refractivity contribution in [2.75, 3.05) is 0 Å². The number of aryl methyl sites for hydroxylation is 1. The molecule has 0 atom stereocenters. The van der Waals surface area contributed by atoms with Crippen molar-refractivity contribution in [1.82, 2.24) is 0 Å². The highest BCUT2D eigenvalue weighted by atomic mass is 14.2. The maximum atomic E-state index is 2.26. The molecule has 1 aromatic rings. The maximum Gasteiger partial charge on any atom is 0.00498 e. The van der Waals surface area contributed by atoms with Gasteiger partial charge in [-0.25, -0.2) is 0 Å². The van der Waals surface area contributed by atoms with E-state index < -0.39 is 0 Å². The van der Waals surface area contributed by atoms with E-state index in [1.54, 1.807) is 5.92 Å². The zero-order valence-electron chi connectivity index (χ0n) is 7.64. The molecule has 0 N–H and O–H groups in total. The van der Waals surface area contributed by atoms with Gasteiger partial charge in [0.1, 0.15) is 0 Å². The van der Waals surface area contributed by atoms with Crippen molar-refractivity contribution >= 4 is 0 Å². The van der Waals surface area contributed by atoms with Crippen LogP contribution in [0.15, 0.2) is 24.3 Å². The molecule has 0 spiro atoms. The fourth-order valence-corrected chi connectivity index (χ4v) is 1.88. The van der Waals surface area contributed by atoms with Gasteiger partial charge in [0.15, 0.2) is 0 Å². The zero-order valence-corrected chi connectivity index (χ0v) is 7.64. The van der Waals surface area contributed by atoms with Gasteiger partial charge in [0.05, 0.1) is 0 Å². The average Bonchev–Trinajstić information content (AvgIpc) is 2.58. The van der Waals surface area contributed by atoms with Gasteiger partial charge in [0, 0.05) is 5.92 Å². The molecule has 0 heterocycles. The van der Waals surface area contributed by atoms with E-state index in [-0.39, 0.29) is 0 Å². The van der Waals surface area contributed by atoms with Crippen molar-refractivity contribution in [2.24, 2.45) is 0 Å². The Kier molecular flexibility index (Phi) is 2.16. The highest BCUT2D eigenvalue weighted by Gasteiger charge is 2.16. The van der Waals surface area contributed by atoms with Crippen LogP contribution < -0.4 is 0 Å². The van der Waals surface area contributed by atoms with Crippen molar-refractivity contribution in [3.8, 4) is 0 Å². The molecular weight excluding hydrogens is 144 g/mol. The van der Waals surface area contributed by atoms with Crippen LogP contribution in [0, 0.1) is 12.8 Å². The van der Waals surface area contributed by atoms with Crippen LogP contribution in [0.25, 0.3) is 0 Å². The van der Waals surface area contributed by atoms with Gasteiger partial charge in [-0.05, 0) is 25.3 Å². The Balaban J connectivity index is 2.17. The molecule has 0 bridgehead atoms. The van der Waals surface area contributed by atoms with Crippen LogP contribution in [0.4, 0.5) is 0 Å². The van der Waals surface area contributed by atoms with E-state index in [9.17, 15) is 0 Å². The van der Waals surface area contributed by atoms with Crippen LogP contribution in [0.1, 0.15) is 36.8 Å². The Morgan fingerprint density at radius 2 is 1.50 bits per heavy atom. The number of benzene rings is 1. The molecule has 0 unspecified atom stereocenters. The van der Waals surface area contributed by atoms with Gasteiger partial charge in [-0.1, -0.05) is 42.7 Å². The summed E-state index contributed by atoms with van der Waals surface area (Å²) in [4.78, 5) is 0. The lowest BCUT2D eigenvalue weighted by Crippen LogP contribution is -1.92. The minimum Gasteiger partial charge on any atom is -0.0590 e. The number of hydrogen-bond acceptors (Lipinski definition) is 0. The highest BCUT2D eigenvalue weighted by Crippen LogP contribution is 2.32. The first-order valence-corrected chi connectivity index (χ1v) is 4.78. The second kappa shape index (κ2) is 3.30. The topological polar surface area (TPSA) is 0 Å². The van der Waals surface area contributed by atoms with Gasteiger partial charge in [-0.3, -0.25) is 0 Å². The Hall–Kier alpha value is -0.780. The second-order valence-electron chi connectivity index (χ2n) is 3.68. The first kappa shape index (κ1) is 7.85. The molecule has 0 saturated heterocycles. The molecule has 0 amide bonds. The van der Waals surface area contributed by atoms with Crippen molar-refractivity contribution < 1.29 is 0 Å². The third kappa shape index (κ3) is 1.52. The first-order chi connectivity index (χ1) is 5.86. The predicted octanol–water partition coefficient (Wildman–Crippen LogP) is 3.49. The van der Waals surface area contributed by atoms with E-state index in [0.717, 1.165) is 0 Å². The Labute approximate surface area is 74.6 Å². The summed E-state index contributed by atoms with van der Waals surface area (Å²) in [5.74, 6) is 1.66. The van der Waals surface area contributed by atoms with Gasteiger partial charge < -0.3 is 0 Å². The monoisotopic (exact) mass is 159 g/mol. The minimum atomic E-state index is 1.32. The van der Waals surface area contributed by atoms with E-state index in [2.05, 4.69) is 31.2 Å². The first-order valence-electron chi connectivity index (χ1n) is 4.78. The molecule has 1 fully saturated rings. The SMILES string of the molecule is Cc1ccc([C]2CCCC2)cc1. The van der Waals surface area contributed by atoms with Crippen LogP contribution in [0.5, 0.6) is 0 Å². The summed E-state index contributed by atoms with van der Waals surface area (Å²) in [6.45, 7) is 2.14. The molecule has 1 aromatic carbocycles. The lowest BCUT2D eigenvalue weighted by Gasteiger charge is -2.07. The van der Waals surface area contributed by atoms with Crippen molar-refractivity contribution in [3.05, 3.63) is 41.3 Å². The fourth-order valence-electron chi connectivity index (χ4n) is 1.88. The molecule has 0 aliphatic heterocycles. The molecule has 2 rings (SSSR count). The van der Waals surface area contributed by atoms with E-state index in [0.29, 0.717) is 0 Å². The Morgan fingerprint density at radius 3 is 2.08 bits per heavy atom. The fraction of sp³-hybridized carbons (Fsp3) is 0.417. The average molecular weight is 159 g/mol. The molecule has 0 aromatic heterocycles. The van der Waals surface area contributed by atoms with Crippen molar-refractivity contribution in [1.29, 1.82) is 0 Å². The Bertz CT molecular complexity index is 239. The zero-order chi connectivity index (χ0) is 8.39. The lowest BCUT2D eigenvalue weighted by atomic mass is 9.97. The molecule has 1 aliphatic rings. The molecule has 1 radical (unpaired) electrons. The van der Waals surface area contributed by atoms with Gasteiger partial charge >= 0.3 is 0 Å². The standard InChI is InChI=1S/C12H15/c1-10-6-8-12(9-7-10)11-4-2-3-5-11/h6-9H,2-5H2,1H3. The van der Waals surface area contributed by atoms with Crippen molar-refractivity contribution in [2.45, 2.75) is 32.6 Å². The molecule has 0 heteroatoms. The predicted molar refractivity (Wildman–Crippen MR) is 52.0 cm³/mol. The molecular formula is C12H15. The summed E-state index contributed by atoms with van der Waals surface area (Å²) in [6.07, 6.45) is 5.43. The molecule has 1 aliphatic carbocycles. The van der Waals surface area contributed by atoms with Gasteiger partial charge in [-0.15, -0.1) is 0 Å². The van der Waals surface area contributed by atoms with Crippen LogP contribution in [-0.2, 0) is 0 Å². The third-order valence-corrected chi connectivity index (χ3v) is 2.67. The number of rotatable bonds is 1. The molecule has 0 nitrogen and oxygen atoms in total. The van der Waals surface area contributed by atoms with Crippen LogP contribution in [0.3, 0.4) is 0 Å². The molecule has 63 valence electrons. The van der Waals surface area contributed by atoms with Crippen LogP contribution in [0.2, 0.25) is 0 Å². The van der Waals surface area contributed by atoms with Gasteiger partial charge in [-0.2, -0.15) is 0 Å². The van der Waals surface area contributed by atoms with Gasteiger partial charge in [0.25, 0.3) is 0 Å². The van der Waals surface area contributed by atoms with Crippen LogP contribution >= 0.6 is 0 Å². The van der Waals surface area contributed by atoms with E-state index in [1.807, 2.05) is 0 Å². The summed E-state index contributed by atoms with van der Waals surface area (Å²) in [5.41, 5.74) is 2.83. The van der Waals surface area contributed by atoms with E-state index in [4.69, 9.17) is 0 Å².